The minimum Gasteiger partial charge on any atom is -0.456 e. The minimum atomic E-state index is -0.350. The Labute approximate surface area is 678 Å². The maximum absolute atomic E-state index is 9.38. The molecule has 2 heterocycles. The van der Waals surface area contributed by atoms with Gasteiger partial charge in [-0.05, 0) is 327 Å². The number of hydrogen-bond donors (Lipinski definition) is 0. The Morgan fingerprint density at radius 1 is 0.257 bits per heavy atom. The summed E-state index contributed by atoms with van der Waals surface area (Å²) in [6.07, 6.45) is 0. The van der Waals surface area contributed by atoms with Gasteiger partial charge < -0.3 is 14.0 Å². The van der Waals surface area contributed by atoms with E-state index in [1.54, 1.807) is 0 Å². The van der Waals surface area contributed by atoms with Crippen molar-refractivity contribution >= 4 is 200 Å². The second kappa shape index (κ2) is 26.9. The lowest BCUT2D eigenvalue weighted by atomic mass is 9.76. The molecule has 0 saturated carbocycles. The number of fused-ring (bicyclic) bond motifs is 2. The van der Waals surface area contributed by atoms with Crippen molar-refractivity contribution in [3.63, 3.8) is 0 Å². The Hall–Kier alpha value is -12.0. The first-order valence-electron chi connectivity index (χ1n) is 38.3. The number of rotatable bonds is 5. The van der Waals surface area contributed by atoms with Gasteiger partial charge in [-0.15, -0.1) is 0 Å². The highest BCUT2D eigenvalue weighted by Gasteiger charge is 2.52. The van der Waals surface area contributed by atoms with E-state index >= 15 is 0 Å². The first kappa shape index (κ1) is 69.0. The van der Waals surface area contributed by atoms with E-state index in [1.807, 2.05) is 24.3 Å². The highest BCUT2D eigenvalue weighted by Crippen LogP contribution is 2.51. The summed E-state index contributed by atoms with van der Waals surface area (Å²) in [6.45, 7) is 8.40. The van der Waals surface area contributed by atoms with Crippen molar-refractivity contribution in [3.8, 4) is 73.2 Å². The average molecular weight is 1640 g/mol. The van der Waals surface area contributed by atoms with E-state index in [4.69, 9.17) is 14.0 Å². The number of nitrogens with zero attached hydrogens (tertiary/aromatic N) is 1. The monoisotopic (exact) mass is 1640 g/mol. The van der Waals surface area contributed by atoms with Crippen LogP contribution in [0.5, 0.6) is 11.5 Å². The van der Waals surface area contributed by atoms with Crippen LogP contribution >= 0.6 is 47.8 Å². The Balaban J connectivity index is 0.0000000992. The van der Waals surface area contributed by atoms with Gasteiger partial charge in [0.05, 0.1) is 22.8 Å². The van der Waals surface area contributed by atoms with Gasteiger partial charge in [0.25, 0.3) is 0 Å². The molecule has 0 radical (unpaired) electrons. The second-order valence-corrected chi connectivity index (χ2v) is 33.9. The van der Waals surface area contributed by atoms with Crippen molar-refractivity contribution < 1.29 is 14.0 Å². The fraction of sp³-hybridized carbons (Fsp3) is 0.0571. The molecule has 8 heteroatoms. The van der Waals surface area contributed by atoms with E-state index < -0.39 is 0 Å². The molecule has 22 aromatic rings. The molecule has 534 valence electrons. The second-order valence-electron chi connectivity index (χ2n) is 31.2. The van der Waals surface area contributed by atoms with Gasteiger partial charge in [0.1, 0.15) is 11.5 Å². The molecule has 1 fully saturated rings. The van der Waals surface area contributed by atoms with Crippen LogP contribution in [0.2, 0.25) is 0 Å². The summed E-state index contributed by atoms with van der Waals surface area (Å²) in [5.41, 5.74) is 13.0. The van der Waals surface area contributed by atoms with Crippen LogP contribution < -0.4 is 10.2 Å². The zero-order valence-corrected chi connectivity index (χ0v) is 66.9. The molecule has 0 amide bonds. The quantitative estimate of drug-likeness (QED) is 0.127. The minimum absolute atomic E-state index is 0.343. The lowest BCUT2D eigenvalue weighted by Gasteiger charge is -2.32. The Bertz CT molecular complexity index is 7290. The molecule has 22 aromatic carbocycles. The summed E-state index contributed by atoms with van der Waals surface area (Å²) in [5.74, 6) is 1.56. The molecule has 2 aliphatic heterocycles. The van der Waals surface area contributed by atoms with E-state index in [1.165, 1.54) is 174 Å². The van der Waals surface area contributed by atoms with Gasteiger partial charge in [0, 0.05) is 24.4 Å². The molecule has 2 aliphatic rings. The van der Waals surface area contributed by atoms with Crippen LogP contribution in [-0.2, 0) is 9.31 Å². The van der Waals surface area contributed by atoms with Crippen molar-refractivity contribution in [1.29, 1.82) is 5.26 Å². The third-order valence-electron chi connectivity index (χ3n) is 23.8. The Morgan fingerprint density at radius 3 is 0.876 bits per heavy atom. The van der Waals surface area contributed by atoms with Crippen LogP contribution in [0.15, 0.2) is 347 Å². The summed E-state index contributed by atoms with van der Waals surface area (Å²) < 4.78 is 22.4. The highest BCUT2D eigenvalue weighted by molar-refractivity contribution is 9.11. The molecular formula is C105H67BBr3NO3. The van der Waals surface area contributed by atoms with E-state index in [0.29, 0.717) is 5.56 Å². The lowest BCUT2D eigenvalue weighted by Crippen LogP contribution is -2.41. The molecule has 0 spiro atoms. The van der Waals surface area contributed by atoms with E-state index in [2.05, 4.69) is 391 Å². The predicted molar refractivity (Wildman–Crippen MR) is 489 cm³/mol. The third kappa shape index (κ3) is 11.8. The average Bonchev–Trinajstić information content (AvgIpc) is 1.38. The SMILES string of the molecule is Brc1cc2ccc3cc(-c4ccccc4)cc4ccc(c1)c2c34.Brc1cc2ccc3cc(Br)cc4ccc(c1)c2c34.CC1(C)OB(c2cc3ccc4cc(-c5ccccc5)cc5ccc(c2)c3c45)OC1(C)C.N#Cc1ccc2c(c1)Oc1cccc3c(-c4cc5ccc6cc(-c7ccccc7)cc7ccc(c4)c5c67)ccc-2c13. The summed E-state index contributed by atoms with van der Waals surface area (Å²) >= 11 is 10.8. The van der Waals surface area contributed by atoms with Crippen molar-refractivity contribution in [1.82, 2.24) is 0 Å². The maximum atomic E-state index is 9.38. The van der Waals surface area contributed by atoms with E-state index in [-0.39, 0.29) is 18.3 Å². The summed E-state index contributed by atoms with van der Waals surface area (Å²) in [7, 11) is -0.350. The summed E-state index contributed by atoms with van der Waals surface area (Å²) in [5, 5.41) is 42.8. The normalized spacial score (nSPS) is 13.6. The van der Waals surface area contributed by atoms with Gasteiger partial charge in [-0.1, -0.05) is 272 Å². The Morgan fingerprint density at radius 2 is 0.549 bits per heavy atom. The number of nitriles is 1. The Kier molecular flexibility index (Phi) is 16.4. The smallest absolute Gasteiger partial charge is 0.456 e. The van der Waals surface area contributed by atoms with Crippen LogP contribution in [0.25, 0.3) is 196 Å². The van der Waals surface area contributed by atoms with Crippen LogP contribution in [0, 0.1) is 11.3 Å². The van der Waals surface area contributed by atoms with Crippen LogP contribution in [0.3, 0.4) is 0 Å². The first-order chi connectivity index (χ1) is 55.1. The maximum Gasteiger partial charge on any atom is 0.494 e. The molecule has 0 N–H and O–H groups in total. The molecule has 0 aliphatic carbocycles. The van der Waals surface area contributed by atoms with Crippen molar-refractivity contribution in [2.75, 3.05) is 0 Å². The molecule has 0 bridgehead atoms. The zero-order valence-electron chi connectivity index (χ0n) is 62.1. The standard InChI is InChI=1S/C39H21NO.C28H25BO2.C22H13Br.C16H8Br2/c40-22-23-9-14-32-34-16-15-31(33-7-4-8-35(39(33)34)41-36(32)17-23)30-20-27-12-10-25-18-29(24-5-2-1-3-6-24)19-26-11-13-28(21-30)38(27)37(25)26;1-27(2)28(3,4)31-29(30-27)24-16-21-12-10-19-14-23(18-8-6-5-7-9-18)15-20-11-13-22(17-24)26(21)25(19)20;23-20-12-17-8-6-15-10-19(14-4-2-1-3-5-14)11-16-7-9-18(13-20)22(17)21(15)16;17-13-5-9-1-2-10-6-14(18)8-12-4-3-11(7-13)15(9)16(10)12/h1-21H;5-17H,1-4H3;1-13H;1-8H. The van der Waals surface area contributed by atoms with Gasteiger partial charge in [-0.25, -0.2) is 0 Å². The number of ether oxygens (including phenoxy) is 1. The molecule has 113 heavy (non-hydrogen) atoms. The predicted octanol–water partition coefficient (Wildman–Crippen LogP) is 30.4. The van der Waals surface area contributed by atoms with Gasteiger partial charge in [0.15, 0.2) is 0 Å². The third-order valence-corrected chi connectivity index (χ3v) is 25.2. The molecule has 0 aromatic heterocycles. The fourth-order valence-corrected chi connectivity index (χ4v) is 19.4. The molecule has 4 nitrogen and oxygen atoms in total. The molecule has 0 unspecified atom stereocenters. The van der Waals surface area contributed by atoms with Gasteiger partial charge in [0.2, 0.25) is 0 Å². The van der Waals surface area contributed by atoms with Gasteiger partial charge in [-0.2, -0.15) is 5.26 Å². The van der Waals surface area contributed by atoms with Crippen LogP contribution in [-0.4, -0.2) is 18.3 Å². The van der Waals surface area contributed by atoms with E-state index in [0.717, 1.165) is 52.3 Å². The largest absolute Gasteiger partial charge is 0.494 e. The topological polar surface area (TPSA) is 51.5 Å². The van der Waals surface area contributed by atoms with Crippen LogP contribution in [0.4, 0.5) is 0 Å². The van der Waals surface area contributed by atoms with Crippen LogP contribution in [0.1, 0.15) is 33.3 Å². The van der Waals surface area contributed by atoms with Crippen molar-refractivity contribution in [3.05, 3.63) is 353 Å². The number of benzene rings is 22. The van der Waals surface area contributed by atoms with Gasteiger partial charge >= 0.3 is 7.12 Å². The number of halogens is 3. The van der Waals surface area contributed by atoms with Crippen molar-refractivity contribution in [2.45, 2.75) is 38.9 Å². The van der Waals surface area contributed by atoms with E-state index in [9.17, 15) is 5.26 Å². The summed E-state index contributed by atoms with van der Waals surface area (Å²) in [4.78, 5) is 0. The fourth-order valence-electron chi connectivity index (χ4n) is 17.9. The number of hydrogen-bond acceptors (Lipinski definition) is 4. The molecular weight excluding hydrogens is 1570 g/mol. The first-order valence-corrected chi connectivity index (χ1v) is 40.6. The van der Waals surface area contributed by atoms with Gasteiger partial charge in [-0.3, -0.25) is 0 Å². The lowest BCUT2D eigenvalue weighted by molar-refractivity contribution is 0.00578. The van der Waals surface area contributed by atoms with Crippen molar-refractivity contribution in [2.24, 2.45) is 0 Å². The molecule has 24 rings (SSSR count). The molecule has 0 atom stereocenters. The zero-order chi connectivity index (χ0) is 76.1. The summed E-state index contributed by atoms with van der Waals surface area (Å²) in [6, 6.07) is 122. The molecule has 1 saturated heterocycles. The highest BCUT2D eigenvalue weighted by atomic mass is 79.9.